The highest BCUT2D eigenvalue weighted by Gasteiger charge is 2.08. The van der Waals surface area contributed by atoms with Crippen LogP contribution >= 0.6 is 0 Å². The number of methoxy groups -OCH3 is 1. The topological polar surface area (TPSA) is 76.1 Å². The predicted molar refractivity (Wildman–Crippen MR) is 80.5 cm³/mol. The van der Waals surface area contributed by atoms with Crippen LogP contribution in [0.25, 0.3) is 0 Å². The monoisotopic (exact) mass is 304 g/mol. The van der Waals surface area contributed by atoms with Crippen LogP contribution in [0.2, 0.25) is 0 Å². The summed E-state index contributed by atoms with van der Waals surface area (Å²) in [7, 11) is 1.61. The van der Waals surface area contributed by atoms with Crippen LogP contribution in [0.4, 0.5) is 15.9 Å². The third kappa shape index (κ3) is 4.49. The summed E-state index contributed by atoms with van der Waals surface area (Å²) in [5.41, 5.74) is 0.505. The molecular weight excluding hydrogens is 287 g/mol. The lowest BCUT2D eigenvalue weighted by molar-refractivity contribution is 0.0942. The fourth-order valence-electron chi connectivity index (χ4n) is 1.73. The number of amides is 1. The van der Waals surface area contributed by atoms with Gasteiger partial charge in [0.25, 0.3) is 5.91 Å². The maximum atomic E-state index is 13.5. The van der Waals surface area contributed by atoms with Gasteiger partial charge in [-0.15, -0.1) is 10.2 Å². The van der Waals surface area contributed by atoms with Gasteiger partial charge >= 0.3 is 0 Å². The van der Waals surface area contributed by atoms with Crippen LogP contribution in [0.3, 0.4) is 0 Å². The molecule has 1 heterocycles. The maximum absolute atomic E-state index is 13.5. The fraction of sp³-hybridized carbons (Fsp3) is 0.267. The summed E-state index contributed by atoms with van der Waals surface area (Å²) < 4.78 is 18.4. The van der Waals surface area contributed by atoms with Crippen molar-refractivity contribution in [1.29, 1.82) is 0 Å². The molecule has 2 aromatic rings. The van der Waals surface area contributed by atoms with Crippen molar-refractivity contribution in [2.24, 2.45) is 0 Å². The first-order valence-electron chi connectivity index (χ1n) is 6.83. The van der Waals surface area contributed by atoms with Gasteiger partial charge in [0.1, 0.15) is 5.82 Å². The van der Waals surface area contributed by atoms with Crippen LogP contribution < -0.4 is 10.6 Å². The zero-order valence-corrected chi connectivity index (χ0v) is 12.2. The highest BCUT2D eigenvalue weighted by Crippen LogP contribution is 2.17. The second kappa shape index (κ2) is 8.04. The molecule has 0 aliphatic heterocycles. The van der Waals surface area contributed by atoms with Crippen LogP contribution in [0.15, 0.2) is 36.4 Å². The molecule has 22 heavy (non-hydrogen) atoms. The van der Waals surface area contributed by atoms with Crippen LogP contribution in [0, 0.1) is 5.82 Å². The van der Waals surface area contributed by atoms with Crippen LogP contribution in [0.1, 0.15) is 16.9 Å². The zero-order chi connectivity index (χ0) is 15.8. The molecular formula is C15H17FN4O2. The Kier molecular flexibility index (Phi) is 5.79. The molecule has 0 unspecified atom stereocenters. The smallest absolute Gasteiger partial charge is 0.271 e. The molecule has 7 heteroatoms. The number of carbonyl (C=O) groups is 1. The van der Waals surface area contributed by atoms with E-state index >= 15 is 0 Å². The Morgan fingerprint density at radius 2 is 2.05 bits per heavy atom. The van der Waals surface area contributed by atoms with Crippen molar-refractivity contribution in [3.8, 4) is 0 Å². The van der Waals surface area contributed by atoms with Gasteiger partial charge in [-0.3, -0.25) is 4.79 Å². The molecule has 2 N–H and O–H groups in total. The minimum Gasteiger partial charge on any atom is -0.385 e. The average molecular weight is 304 g/mol. The quantitative estimate of drug-likeness (QED) is 0.766. The van der Waals surface area contributed by atoms with E-state index < -0.39 is 0 Å². The molecule has 0 bridgehead atoms. The van der Waals surface area contributed by atoms with Gasteiger partial charge in [-0.25, -0.2) is 4.39 Å². The third-order valence-electron chi connectivity index (χ3n) is 2.84. The summed E-state index contributed by atoms with van der Waals surface area (Å²) in [6.45, 7) is 1.08. The van der Waals surface area contributed by atoms with Crippen LogP contribution in [-0.4, -0.2) is 36.4 Å². The Morgan fingerprint density at radius 1 is 1.23 bits per heavy atom. The summed E-state index contributed by atoms with van der Waals surface area (Å²) in [5, 5.41) is 13.2. The van der Waals surface area contributed by atoms with Crippen molar-refractivity contribution >= 4 is 17.4 Å². The second-order valence-electron chi connectivity index (χ2n) is 4.51. The summed E-state index contributed by atoms with van der Waals surface area (Å²) in [5.74, 6) is -0.327. The average Bonchev–Trinajstić information content (AvgIpc) is 2.54. The van der Waals surface area contributed by atoms with Crippen LogP contribution in [-0.2, 0) is 4.74 Å². The number of halogens is 1. The van der Waals surface area contributed by atoms with Crippen molar-refractivity contribution in [2.45, 2.75) is 6.42 Å². The van der Waals surface area contributed by atoms with Gasteiger partial charge in [0.2, 0.25) is 0 Å². The maximum Gasteiger partial charge on any atom is 0.271 e. The van der Waals surface area contributed by atoms with E-state index in [0.717, 1.165) is 6.42 Å². The first-order valence-corrected chi connectivity index (χ1v) is 6.83. The largest absolute Gasteiger partial charge is 0.385 e. The van der Waals surface area contributed by atoms with E-state index in [1.54, 1.807) is 31.4 Å². The summed E-state index contributed by atoms with van der Waals surface area (Å²) >= 11 is 0. The summed E-state index contributed by atoms with van der Waals surface area (Å²) in [6.07, 6.45) is 0.725. The van der Waals surface area contributed by atoms with Crippen LogP contribution in [0.5, 0.6) is 0 Å². The number of ether oxygens (including phenoxy) is 1. The van der Waals surface area contributed by atoms with E-state index in [-0.39, 0.29) is 17.4 Å². The minimum atomic E-state index is -0.385. The van der Waals surface area contributed by atoms with Crippen molar-refractivity contribution in [3.05, 3.63) is 47.9 Å². The molecule has 0 spiro atoms. The minimum absolute atomic E-state index is 0.205. The third-order valence-corrected chi connectivity index (χ3v) is 2.84. The number of para-hydroxylation sites is 1. The molecule has 0 aliphatic carbocycles. The molecule has 0 aliphatic rings. The van der Waals surface area contributed by atoms with E-state index in [1.165, 1.54) is 12.1 Å². The van der Waals surface area contributed by atoms with Crippen molar-refractivity contribution < 1.29 is 13.9 Å². The van der Waals surface area contributed by atoms with Gasteiger partial charge in [0.05, 0.1) is 5.69 Å². The van der Waals surface area contributed by atoms with Crippen molar-refractivity contribution in [3.63, 3.8) is 0 Å². The number of hydrogen-bond acceptors (Lipinski definition) is 5. The molecule has 0 fully saturated rings. The van der Waals surface area contributed by atoms with Crippen molar-refractivity contribution in [2.75, 3.05) is 25.6 Å². The number of anilines is 2. The predicted octanol–water partition coefficient (Wildman–Crippen LogP) is 2.13. The molecule has 1 aromatic heterocycles. The molecule has 0 atom stereocenters. The normalized spacial score (nSPS) is 10.3. The Balaban J connectivity index is 1.92. The number of rotatable bonds is 7. The zero-order valence-electron chi connectivity index (χ0n) is 12.2. The number of carbonyl (C=O) groups excluding carboxylic acids is 1. The number of hydrogen-bond donors (Lipinski definition) is 2. The molecule has 2 rings (SSSR count). The number of benzene rings is 1. The fourth-order valence-corrected chi connectivity index (χ4v) is 1.73. The number of nitrogens with one attached hydrogen (secondary N) is 2. The van der Waals surface area contributed by atoms with Gasteiger partial charge in [-0.1, -0.05) is 12.1 Å². The molecule has 0 radical (unpaired) electrons. The highest BCUT2D eigenvalue weighted by atomic mass is 19.1. The van der Waals surface area contributed by atoms with E-state index in [1.807, 2.05) is 0 Å². The molecule has 0 saturated heterocycles. The van der Waals surface area contributed by atoms with Gasteiger partial charge in [0.15, 0.2) is 11.5 Å². The van der Waals surface area contributed by atoms with Gasteiger partial charge in [-0.2, -0.15) is 0 Å². The van der Waals surface area contributed by atoms with Gasteiger partial charge < -0.3 is 15.4 Å². The lowest BCUT2D eigenvalue weighted by Gasteiger charge is -2.07. The Hall–Kier alpha value is -2.54. The lowest BCUT2D eigenvalue weighted by Crippen LogP contribution is -2.26. The molecule has 116 valence electrons. The first-order chi connectivity index (χ1) is 10.7. The van der Waals surface area contributed by atoms with E-state index in [2.05, 4.69) is 20.8 Å². The summed E-state index contributed by atoms with van der Waals surface area (Å²) in [4.78, 5) is 11.8. The van der Waals surface area contributed by atoms with Gasteiger partial charge in [-0.05, 0) is 30.7 Å². The molecule has 1 aromatic carbocycles. The second-order valence-corrected chi connectivity index (χ2v) is 4.51. The molecule has 1 amide bonds. The SMILES string of the molecule is COCCCNC(=O)c1ccc(Nc2ccccc2F)nn1. The summed E-state index contributed by atoms with van der Waals surface area (Å²) in [6, 6.07) is 9.35. The highest BCUT2D eigenvalue weighted by molar-refractivity contribution is 5.92. The van der Waals surface area contributed by atoms with Gasteiger partial charge in [0, 0.05) is 20.3 Å². The standard InChI is InChI=1S/C15H17FN4O2/c1-22-10-4-9-17-15(21)13-7-8-14(20-19-13)18-12-6-3-2-5-11(12)16/h2-3,5-8H,4,9-10H2,1H3,(H,17,21)(H,18,20). The Labute approximate surface area is 127 Å². The molecule has 6 nitrogen and oxygen atoms in total. The first kappa shape index (κ1) is 15.8. The number of nitrogens with zero attached hydrogens (tertiary/aromatic N) is 2. The Bertz CT molecular complexity index is 619. The van der Waals surface area contributed by atoms with E-state index in [0.29, 0.717) is 24.7 Å². The van der Waals surface area contributed by atoms with E-state index in [9.17, 15) is 9.18 Å². The lowest BCUT2D eigenvalue weighted by atomic mass is 10.3. The molecule has 0 saturated carbocycles. The van der Waals surface area contributed by atoms with E-state index in [4.69, 9.17) is 4.74 Å². The van der Waals surface area contributed by atoms with Crippen molar-refractivity contribution in [1.82, 2.24) is 15.5 Å². The Morgan fingerprint density at radius 3 is 2.73 bits per heavy atom. The number of aromatic nitrogens is 2.